The maximum absolute atomic E-state index is 12.3. The summed E-state index contributed by atoms with van der Waals surface area (Å²) in [5, 5.41) is 6.14. The molecule has 2 aromatic carbocycles. The molecular formula is C20H24N4O2. The Balaban J connectivity index is 1.75. The summed E-state index contributed by atoms with van der Waals surface area (Å²) < 4.78 is 0. The predicted molar refractivity (Wildman–Crippen MR) is 103 cm³/mol. The molecule has 1 unspecified atom stereocenters. The van der Waals surface area contributed by atoms with Gasteiger partial charge in [0.1, 0.15) is 0 Å². The van der Waals surface area contributed by atoms with Gasteiger partial charge < -0.3 is 21.3 Å². The fourth-order valence-electron chi connectivity index (χ4n) is 3.15. The van der Waals surface area contributed by atoms with E-state index in [4.69, 9.17) is 5.73 Å². The molecule has 6 heteroatoms. The molecule has 1 saturated heterocycles. The highest BCUT2D eigenvalue weighted by atomic mass is 16.2. The molecule has 2 aromatic rings. The second-order valence-corrected chi connectivity index (χ2v) is 6.50. The molecule has 26 heavy (non-hydrogen) atoms. The van der Waals surface area contributed by atoms with Crippen molar-refractivity contribution < 1.29 is 9.59 Å². The zero-order valence-corrected chi connectivity index (χ0v) is 14.7. The molecule has 1 aliphatic rings. The van der Waals surface area contributed by atoms with Crippen molar-refractivity contribution in [1.82, 2.24) is 5.32 Å². The van der Waals surface area contributed by atoms with Crippen molar-refractivity contribution in [2.24, 2.45) is 5.73 Å². The Morgan fingerprint density at radius 2 is 1.96 bits per heavy atom. The minimum absolute atomic E-state index is 0.0239. The predicted octanol–water partition coefficient (Wildman–Crippen LogP) is 1.87. The molecule has 2 amide bonds. The number of carbonyl (C=O) groups excluding carboxylic acids is 2. The van der Waals surface area contributed by atoms with E-state index in [-0.39, 0.29) is 18.5 Å². The number of primary amides is 1. The molecule has 1 fully saturated rings. The van der Waals surface area contributed by atoms with E-state index in [2.05, 4.69) is 10.6 Å². The standard InChI is InChI=1S/C20H24N4O2/c21-19(25)14-24(13-15-6-2-1-3-7-15)17-9-4-8-16(12-17)23-20(26)18-10-5-11-22-18/h1-4,6-9,12,18,22H,5,10-11,13-14H2,(H2,21,25)(H,23,26). The van der Waals surface area contributed by atoms with Crippen LogP contribution in [0.3, 0.4) is 0 Å². The van der Waals surface area contributed by atoms with Gasteiger partial charge in [-0.3, -0.25) is 9.59 Å². The number of carbonyl (C=O) groups is 2. The summed E-state index contributed by atoms with van der Waals surface area (Å²) in [5.41, 5.74) is 8.06. The molecule has 0 spiro atoms. The number of nitrogens with two attached hydrogens (primary N) is 1. The van der Waals surface area contributed by atoms with Crippen LogP contribution in [0.25, 0.3) is 0 Å². The highest BCUT2D eigenvalue weighted by Crippen LogP contribution is 2.22. The quantitative estimate of drug-likeness (QED) is 0.710. The van der Waals surface area contributed by atoms with Crippen LogP contribution in [0.15, 0.2) is 54.6 Å². The molecule has 136 valence electrons. The van der Waals surface area contributed by atoms with Gasteiger partial charge in [0.25, 0.3) is 0 Å². The Hall–Kier alpha value is -2.86. The SMILES string of the molecule is NC(=O)CN(Cc1ccccc1)c1cccc(NC(=O)C2CCCN2)c1. The smallest absolute Gasteiger partial charge is 0.241 e. The second kappa shape index (κ2) is 8.49. The van der Waals surface area contributed by atoms with Crippen LogP contribution >= 0.6 is 0 Å². The highest BCUT2D eigenvalue weighted by molar-refractivity contribution is 5.95. The largest absolute Gasteiger partial charge is 0.368 e. The van der Waals surface area contributed by atoms with Gasteiger partial charge in [0.05, 0.1) is 12.6 Å². The summed E-state index contributed by atoms with van der Waals surface area (Å²) in [6.07, 6.45) is 1.87. The number of nitrogens with one attached hydrogen (secondary N) is 2. The molecule has 0 bridgehead atoms. The monoisotopic (exact) mass is 352 g/mol. The number of hydrogen-bond acceptors (Lipinski definition) is 4. The van der Waals surface area contributed by atoms with Crippen LogP contribution in [0.2, 0.25) is 0 Å². The number of anilines is 2. The minimum Gasteiger partial charge on any atom is -0.368 e. The van der Waals surface area contributed by atoms with Gasteiger partial charge in [0, 0.05) is 17.9 Å². The maximum Gasteiger partial charge on any atom is 0.241 e. The molecule has 0 aliphatic carbocycles. The Morgan fingerprint density at radius 1 is 1.15 bits per heavy atom. The average Bonchev–Trinajstić information content (AvgIpc) is 3.17. The van der Waals surface area contributed by atoms with E-state index in [9.17, 15) is 9.59 Å². The van der Waals surface area contributed by atoms with Crippen LogP contribution in [-0.4, -0.2) is 30.9 Å². The van der Waals surface area contributed by atoms with E-state index in [0.29, 0.717) is 12.2 Å². The lowest BCUT2D eigenvalue weighted by atomic mass is 10.1. The van der Waals surface area contributed by atoms with Crippen molar-refractivity contribution in [3.8, 4) is 0 Å². The van der Waals surface area contributed by atoms with Gasteiger partial charge in [0.2, 0.25) is 11.8 Å². The van der Waals surface area contributed by atoms with Crippen LogP contribution in [0.5, 0.6) is 0 Å². The third-order valence-electron chi connectivity index (χ3n) is 4.42. The van der Waals surface area contributed by atoms with Crippen molar-refractivity contribution >= 4 is 23.2 Å². The zero-order chi connectivity index (χ0) is 18.4. The summed E-state index contributed by atoms with van der Waals surface area (Å²) in [4.78, 5) is 25.7. The minimum atomic E-state index is -0.398. The Labute approximate surface area is 153 Å². The fraction of sp³-hybridized carbons (Fsp3) is 0.300. The summed E-state index contributed by atoms with van der Waals surface area (Å²) in [7, 11) is 0. The van der Waals surface area contributed by atoms with E-state index < -0.39 is 5.91 Å². The van der Waals surface area contributed by atoms with Gasteiger partial charge in [-0.25, -0.2) is 0 Å². The third kappa shape index (κ3) is 4.83. The van der Waals surface area contributed by atoms with Crippen molar-refractivity contribution in [2.45, 2.75) is 25.4 Å². The van der Waals surface area contributed by atoms with Gasteiger partial charge in [-0.2, -0.15) is 0 Å². The van der Waals surface area contributed by atoms with E-state index in [1.807, 2.05) is 59.5 Å². The summed E-state index contributed by atoms with van der Waals surface area (Å²) >= 11 is 0. The number of amides is 2. The van der Waals surface area contributed by atoms with Crippen molar-refractivity contribution in [3.63, 3.8) is 0 Å². The van der Waals surface area contributed by atoms with Gasteiger partial charge in [0.15, 0.2) is 0 Å². The molecule has 1 aliphatic heterocycles. The average molecular weight is 352 g/mol. The Morgan fingerprint density at radius 3 is 2.65 bits per heavy atom. The van der Waals surface area contributed by atoms with Gasteiger partial charge in [-0.15, -0.1) is 0 Å². The van der Waals surface area contributed by atoms with Gasteiger partial charge >= 0.3 is 0 Å². The van der Waals surface area contributed by atoms with Crippen LogP contribution < -0.4 is 21.3 Å². The fourth-order valence-corrected chi connectivity index (χ4v) is 3.15. The number of rotatable bonds is 7. The molecule has 0 aromatic heterocycles. The van der Waals surface area contributed by atoms with Gasteiger partial charge in [-0.1, -0.05) is 36.4 Å². The first-order chi connectivity index (χ1) is 12.6. The summed E-state index contributed by atoms with van der Waals surface area (Å²) in [6, 6.07) is 17.3. The molecule has 1 atom stereocenters. The first-order valence-electron chi connectivity index (χ1n) is 8.83. The zero-order valence-electron chi connectivity index (χ0n) is 14.7. The van der Waals surface area contributed by atoms with E-state index in [1.165, 1.54) is 0 Å². The second-order valence-electron chi connectivity index (χ2n) is 6.50. The van der Waals surface area contributed by atoms with E-state index >= 15 is 0 Å². The lowest BCUT2D eigenvalue weighted by Gasteiger charge is -2.24. The summed E-state index contributed by atoms with van der Waals surface area (Å²) in [5.74, 6) is -0.422. The first-order valence-corrected chi connectivity index (χ1v) is 8.83. The normalized spacial score (nSPS) is 16.2. The Kier molecular flexibility index (Phi) is 5.86. The Bertz CT molecular complexity index is 757. The van der Waals surface area contributed by atoms with E-state index in [0.717, 1.165) is 30.6 Å². The first kappa shape index (κ1) is 17.9. The maximum atomic E-state index is 12.3. The van der Waals surface area contributed by atoms with Crippen LogP contribution in [0.1, 0.15) is 18.4 Å². The highest BCUT2D eigenvalue weighted by Gasteiger charge is 2.22. The van der Waals surface area contributed by atoms with Gasteiger partial charge in [-0.05, 0) is 43.1 Å². The lowest BCUT2D eigenvalue weighted by Crippen LogP contribution is -2.35. The van der Waals surface area contributed by atoms with Crippen molar-refractivity contribution in [1.29, 1.82) is 0 Å². The molecular weight excluding hydrogens is 328 g/mol. The van der Waals surface area contributed by atoms with Crippen molar-refractivity contribution in [2.75, 3.05) is 23.3 Å². The molecule has 0 radical (unpaired) electrons. The molecule has 1 heterocycles. The van der Waals surface area contributed by atoms with Crippen LogP contribution in [0.4, 0.5) is 11.4 Å². The van der Waals surface area contributed by atoms with Crippen LogP contribution in [-0.2, 0) is 16.1 Å². The van der Waals surface area contributed by atoms with Crippen LogP contribution in [0, 0.1) is 0 Å². The lowest BCUT2D eigenvalue weighted by molar-refractivity contribution is -0.118. The number of nitrogens with zero attached hydrogens (tertiary/aromatic N) is 1. The topological polar surface area (TPSA) is 87.5 Å². The molecule has 6 nitrogen and oxygen atoms in total. The van der Waals surface area contributed by atoms with Crippen molar-refractivity contribution in [3.05, 3.63) is 60.2 Å². The molecule has 4 N–H and O–H groups in total. The molecule has 0 saturated carbocycles. The number of benzene rings is 2. The summed E-state index contributed by atoms with van der Waals surface area (Å²) in [6.45, 7) is 1.55. The third-order valence-corrected chi connectivity index (χ3v) is 4.42. The molecule has 3 rings (SSSR count). The van der Waals surface area contributed by atoms with E-state index in [1.54, 1.807) is 0 Å². The number of hydrogen-bond donors (Lipinski definition) is 3.